The van der Waals surface area contributed by atoms with Gasteiger partial charge in [0, 0.05) is 19.5 Å². The van der Waals surface area contributed by atoms with Gasteiger partial charge in [0.15, 0.2) is 0 Å². The summed E-state index contributed by atoms with van der Waals surface area (Å²) in [7, 11) is 1.64. The van der Waals surface area contributed by atoms with Crippen LogP contribution in [0.3, 0.4) is 0 Å². The van der Waals surface area contributed by atoms with Crippen LogP contribution in [0.4, 0.5) is 0 Å². The minimum atomic E-state index is -0.718. The minimum absolute atomic E-state index is 0.0665. The van der Waals surface area contributed by atoms with Gasteiger partial charge in [0.2, 0.25) is 5.91 Å². The standard InChI is InChI=1S/C9H18N2O2/c1-11-8(12)7-2-4-9(13,6-10)5-3-7/h7,13H,2-6,10H2,1H3,(H,11,12). The summed E-state index contributed by atoms with van der Waals surface area (Å²) in [5.41, 5.74) is 4.72. The van der Waals surface area contributed by atoms with E-state index in [1.807, 2.05) is 0 Å². The average Bonchev–Trinajstić information content (AvgIpc) is 2.18. The summed E-state index contributed by atoms with van der Waals surface area (Å²) in [6.07, 6.45) is 2.77. The van der Waals surface area contributed by atoms with Crippen molar-refractivity contribution in [3.8, 4) is 0 Å². The van der Waals surface area contributed by atoms with Crippen molar-refractivity contribution in [1.82, 2.24) is 5.32 Å². The third kappa shape index (κ3) is 2.42. The molecule has 4 nitrogen and oxygen atoms in total. The molecule has 1 fully saturated rings. The fraction of sp³-hybridized carbons (Fsp3) is 0.889. The maximum atomic E-state index is 11.2. The Bertz CT molecular complexity index is 186. The summed E-state index contributed by atoms with van der Waals surface area (Å²) in [5.74, 6) is 0.149. The van der Waals surface area contributed by atoms with Crippen molar-refractivity contribution in [3.05, 3.63) is 0 Å². The minimum Gasteiger partial charge on any atom is -0.389 e. The van der Waals surface area contributed by atoms with Gasteiger partial charge >= 0.3 is 0 Å². The molecule has 1 amide bonds. The maximum absolute atomic E-state index is 11.2. The highest BCUT2D eigenvalue weighted by molar-refractivity contribution is 5.78. The van der Waals surface area contributed by atoms with Crippen LogP contribution in [-0.4, -0.2) is 30.2 Å². The quantitative estimate of drug-likeness (QED) is 0.550. The fourth-order valence-corrected chi connectivity index (χ4v) is 1.83. The van der Waals surface area contributed by atoms with Gasteiger partial charge in [0.25, 0.3) is 0 Å². The Morgan fingerprint density at radius 2 is 2.15 bits per heavy atom. The van der Waals surface area contributed by atoms with Crippen molar-refractivity contribution in [1.29, 1.82) is 0 Å². The number of rotatable bonds is 2. The summed E-state index contributed by atoms with van der Waals surface area (Å²) in [6, 6.07) is 0. The molecule has 1 aliphatic rings. The lowest BCUT2D eigenvalue weighted by molar-refractivity contribution is -0.127. The zero-order valence-electron chi connectivity index (χ0n) is 8.05. The highest BCUT2D eigenvalue weighted by Crippen LogP contribution is 2.31. The van der Waals surface area contributed by atoms with Gasteiger partial charge in [0.1, 0.15) is 0 Å². The molecule has 4 N–H and O–H groups in total. The molecular weight excluding hydrogens is 168 g/mol. The Morgan fingerprint density at radius 3 is 2.54 bits per heavy atom. The summed E-state index contributed by atoms with van der Waals surface area (Å²) < 4.78 is 0. The number of hydrogen-bond acceptors (Lipinski definition) is 3. The van der Waals surface area contributed by atoms with Gasteiger partial charge in [-0.3, -0.25) is 4.79 Å². The molecule has 0 spiro atoms. The first kappa shape index (κ1) is 10.5. The lowest BCUT2D eigenvalue weighted by Crippen LogP contribution is -2.43. The van der Waals surface area contributed by atoms with Gasteiger partial charge in [-0.2, -0.15) is 0 Å². The van der Waals surface area contributed by atoms with E-state index in [0.29, 0.717) is 19.4 Å². The highest BCUT2D eigenvalue weighted by atomic mass is 16.3. The van der Waals surface area contributed by atoms with Gasteiger partial charge < -0.3 is 16.2 Å². The third-order valence-corrected chi connectivity index (χ3v) is 2.91. The Hall–Kier alpha value is -0.610. The smallest absolute Gasteiger partial charge is 0.222 e. The second-order valence-corrected chi connectivity index (χ2v) is 3.82. The van der Waals surface area contributed by atoms with Gasteiger partial charge in [0.05, 0.1) is 5.60 Å². The van der Waals surface area contributed by atoms with E-state index < -0.39 is 5.60 Å². The summed E-state index contributed by atoms with van der Waals surface area (Å²) in [6.45, 7) is 0.299. The summed E-state index contributed by atoms with van der Waals surface area (Å²) >= 11 is 0. The first-order valence-electron chi connectivity index (χ1n) is 4.75. The molecular formula is C9H18N2O2. The van der Waals surface area contributed by atoms with Crippen molar-refractivity contribution in [3.63, 3.8) is 0 Å². The predicted molar refractivity (Wildman–Crippen MR) is 50.0 cm³/mol. The van der Waals surface area contributed by atoms with E-state index in [2.05, 4.69) is 5.32 Å². The van der Waals surface area contributed by atoms with Crippen LogP contribution in [0, 0.1) is 5.92 Å². The van der Waals surface area contributed by atoms with E-state index in [0.717, 1.165) is 12.8 Å². The van der Waals surface area contributed by atoms with Crippen molar-refractivity contribution < 1.29 is 9.90 Å². The van der Waals surface area contributed by atoms with Crippen LogP contribution in [0.25, 0.3) is 0 Å². The second kappa shape index (κ2) is 4.07. The van der Waals surface area contributed by atoms with Gasteiger partial charge in [-0.1, -0.05) is 0 Å². The molecule has 76 valence electrons. The van der Waals surface area contributed by atoms with Crippen LogP contribution in [0.1, 0.15) is 25.7 Å². The second-order valence-electron chi connectivity index (χ2n) is 3.82. The van der Waals surface area contributed by atoms with E-state index in [1.165, 1.54) is 0 Å². The van der Waals surface area contributed by atoms with E-state index in [1.54, 1.807) is 7.05 Å². The maximum Gasteiger partial charge on any atom is 0.222 e. The zero-order valence-corrected chi connectivity index (χ0v) is 8.05. The van der Waals surface area contributed by atoms with Crippen molar-refractivity contribution in [2.24, 2.45) is 11.7 Å². The Morgan fingerprint density at radius 1 is 1.62 bits per heavy atom. The molecule has 0 heterocycles. The topological polar surface area (TPSA) is 75.3 Å². The number of hydrogen-bond donors (Lipinski definition) is 3. The molecule has 0 saturated heterocycles. The Labute approximate surface area is 78.5 Å². The number of carbonyl (C=O) groups excluding carboxylic acids is 1. The molecule has 0 aromatic rings. The van der Waals surface area contributed by atoms with Crippen molar-refractivity contribution >= 4 is 5.91 Å². The molecule has 1 aliphatic carbocycles. The van der Waals surface area contributed by atoms with Crippen LogP contribution < -0.4 is 11.1 Å². The number of nitrogens with two attached hydrogens (primary N) is 1. The predicted octanol–water partition coefficient (Wildman–Crippen LogP) is -0.388. The largest absolute Gasteiger partial charge is 0.389 e. The van der Waals surface area contributed by atoms with E-state index in [4.69, 9.17) is 5.73 Å². The summed E-state index contributed by atoms with van der Waals surface area (Å²) in [5, 5.41) is 12.4. The number of nitrogens with one attached hydrogen (secondary N) is 1. The van der Waals surface area contributed by atoms with Gasteiger partial charge in [-0.15, -0.1) is 0 Å². The van der Waals surface area contributed by atoms with Crippen LogP contribution in [0.5, 0.6) is 0 Å². The molecule has 13 heavy (non-hydrogen) atoms. The van der Waals surface area contributed by atoms with Crippen molar-refractivity contribution in [2.45, 2.75) is 31.3 Å². The summed E-state index contributed by atoms with van der Waals surface area (Å²) in [4.78, 5) is 11.2. The molecule has 0 aromatic heterocycles. The van der Waals surface area contributed by atoms with E-state index in [9.17, 15) is 9.90 Å². The molecule has 0 atom stereocenters. The number of amides is 1. The van der Waals surface area contributed by atoms with Crippen molar-refractivity contribution in [2.75, 3.05) is 13.6 Å². The monoisotopic (exact) mass is 186 g/mol. The highest BCUT2D eigenvalue weighted by Gasteiger charge is 2.34. The Kier molecular flexibility index (Phi) is 3.27. The zero-order chi connectivity index (χ0) is 9.90. The Balaban J connectivity index is 2.43. The lowest BCUT2D eigenvalue weighted by Gasteiger charge is -2.34. The lowest BCUT2D eigenvalue weighted by atomic mass is 9.78. The first-order valence-corrected chi connectivity index (χ1v) is 4.75. The molecule has 4 heteroatoms. The first-order chi connectivity index (χ1) is 6.11. The van der Waals surface area contributed by atoms with Crippen LogP contribution in [-0.2, 0) is 4.79 Å². The SMILES string of the molecule is CNC(=O)C1CCC(O)(CN)CC1. The third-order valence-electron chi connectivity index (χ3n) is 2.91. The van der Waals surface area contributed by atoms with Crippen LogP contribution >= 0.6 is 0 Å². The number of aliphatic hydroxyl groups is 1. The van der Waals surface area contributed by atoms with Crippen LogP contribution in [0.2, 0.25) is 0 Å². The van der Waals surface area contributed by atoms with E-state index >= 15 is 0 Å². The molecule has 0 unspecified atom stereocenters. The molecule has 1 saturated carbocycles. The molecule has 0 bridgehead atoms. The normalized spacial score (nSPS) is 34.2. The molecule has 0 aromatic carbocycles. The fourth-order valence-electron chi connectivity index (χ4n) is 1.83. The average molecular weight is 186 g/mol. The van der Waals surface area contributed by atoms with E-state index in [-0.39, 0.29) is 11.8 Å². The molecule has 0 aliphatic heterocycles. The molecule has 1 rings (SSSR count). The van der Waals surface area contributed by atoms with Crippen LogP contribution in [0.15, 0.2) is 0 Å². The number of carbonyl (C=O) groups is 1. The molecule has 0 radical (unpaired) electrons. The van der Waals surface area contributed by atoms with Gasteiger partial charge in [-0.05, 0) is 25.7 Å². The van der Waals surface area contributed by atoms with Gasteiger partial charge in [-0.25, -0.2) is 0 Å².